The maximum absolute atomic E-state index is 13.0. The van der Waals surface area contributed by atoms with Gasteiger partial charge in [0.25, 0.3) is 11.7 Å². The lowest BCUT2D eigenvalue weighted by Crippen LogP contribution is -2.31. The molecule has 1 heterocycles. The van der Waals surface area contributed by atoms with Crippen molar-refractivity contribution in [1.29, 1.82) is 0 Å². The lowest BCUT2D eigenvalue weighted by atomic mass is 9.92. The molecule has 1 unspecified atom stereocenters. The van der Waals surface area contributed by atoms with Crippen LogP contribution in [0.25, 0.3) is 5.76 Å². The molecule has 7 heteroatoms. The molecule has 1 saturated heterocycles. The van der Waals surface area contributed by atoms with Crippen LogP contribution in [0.3, 0.4) is 0 Å². The van der Waals surface area contributed by atoms with Crippen LogP contribution in [0.1, 0.15) is 36.1 Å². The van der Waals surface area contributed by atoms with Gasteiger partial charge in [0.15, 0.2) is 0 Å². The first-order chi connectivity index (χ1) is 14.9. The van der Waals surface area contributed by atoms with E-state index >= 15 is 0 Å². The molecule has 1 N–H and O–H groups in total. The molecule has 164 valence electrons. The second kappa shape index (κ2) is 9.98. The molecule has 1 atom stereocenters. The Bertz CT molecular complexity index is 1020. The average molecular weight is 444 g/mol. The normalized spacial score (nSPS) is 17.9. The molecule has 0 aliphatic carbocycles. The number of methoxy groups -OCH3 is 1. The minimum absolute atomic E-state index is 0.0569. The molecule has 0 spiro atoms. The predicted octanol–water partition coefficient (Wildman–Crippen LogP) is 4.51. The Labute approximate surface area is 187 Å². The zero-order valence-corrected chi connectivity index (χ0v) is 18.6. The van der Waals surface area contributed by atoms with Crippen LogP contribution in [0.15, 0.2) is 48.0 Å². The minimum atomic E-state index is -0.712. The first-order valence-electron chi connectivity index (χ1n) is 10.2. The number of carbonyl (C=O) groups is 2. The van der Waals surface area contributed by atoms with Crippen LogP contribution in [0.4, 0.5) is 0 Å². The number of Topliss-reactive ketones (excluding diaryl/α,β-unsaturated/α-hetero) is 1. The number of ketones is 1. The molecular weight excluding hydrogens is 418 g/mol. The number of hydrogen-bond acceptors (Lipinski definition) is 5. The summed E-state index contributed by atoms with van der Waals surface area (Å²) in [6.07, 6.45) is 0.571. The molecule has 2 aromatic rings. The van der Waals surface area contributed by atoms with Crippen LogP contribution in [0, 0.1) is 6.92 Å². The number of hydrogen-bond donors (Lipinski definition) is 1. The third-order valence-corrected chi connectivity index (χ3v) is 5.59. The Kier molecular flexibility index (Phi) is 7.36. The van der Waals surface area contributed by atoms with E-state index in [4.69, 9.17) is 21.1 Å². The van der Waals surface area contributed by atoms with Gasteiger partial charge in [0.1, 0.15) is 11.5 Å². The summed E-state index contributed by atoms with van der Waals surface area (Å²) < 4.78 is 10.6. The average Bonchev–Trinajstić information content (AvgIpc) is 3.00. The molecule has 1 amide bonds. The number of amides is 1. The lowest BCUT2D eigenvalue weighted by Gasteiger charge is -2.26. The number of aryl methyl sites for hydroxylation is 1. The van der Waals surface area contributed by atoms with Crippen molar-refractivity contribution in [3.63, 3.8) is 0 Å². The number of rotatable bonds is 8. The van der Waals surface area contributed by atoms with Gasteiger partial charge in [0.2, 0.25) is 0 Å². The van der Waals surface area contributed by atoms with Crippen molar-refractivity contribution in [2.75, 3.05) is 26.9 Å². The van der Waals surface area contributed by atoms with Gasteiger partial charge in [-0.25, -0.2) is 0 Å². The molecule has 0 radical (unpaired) electrons. The lowest BCUT2D eigenvalue weighted by molar-refractivity contribution is -0.140. The quantitative estimate of drug-likeness (QED) is 0.281. The van der Waals surface area contributed by atoms with Gasteiger partial charge in [-0.3, -0.25) is 9.59 Å². The summed E-state index contributed by atoms with van der Waals surface area (Å²) in [6, 6.07) is 11.6. The molecule has 1 fully saturated rings. The summed E-state index contributed by atoms with van der Waals surface area (Å²) in [5.41, 5.74) is 2.13. The third-order valence-electron chi connectivity index (χ3n) is 5.27. The molecular formula is C24H26ClNO5. The van der Waals surface area contributed by atoms with Gasteiger partial charge in [0, 0.05) is 25.8 Å². The highest BCUT2D eigenvalue weighted by atomic mass is 35.5. The van der Waals surface area contributed by atoms with Crippen LogP contribution in [-0.2, 0) is 14.3 Å². The summed E-state index contributed by atoms with van der Waals surface area (Å²) in [5.74, 6) is -1.20. The Morgan fingerprint density at radius 3 is 2.61 bits per heavy atom. The van der Waals surface area contributed by atoms with Crippen LogP contribution in [0.2, 0.25) is 5.02 Å². The number of carbonyl (C=O) groups excluding carboxylic acids is 2. The molecule has 0 bridgehead atoms. The van der Waals surface area contributed by atoms with E-state index in [1.165, 1.54) is 4.90 Å². The molecule has 0 saturated carbocycles. The monoisotopic (exact) mass is 443 g/mol. The standard InChI is InChI=1S/C24H26ClNO5/c1-4-31-19-14-16(10-11-18(19)25)22(27)20-21(17-9-6-5-8-15(17)2)26(12-7-13-30-3)24(29)23(20)28/h5-6,8-11,14,21,27H,4,7,12-13H2,1-3H3/b22-20+. The van der Waals surface area contributed by atoms with E-state index in [9.17, 15) is 14.7 Å². The third kappa shape index (κ3) is 4.60. The Morgan fingerprint density at radius 1 is 1.19 bits per heavy atom. The SMILES string of the molecule is CCOc1cc(/C(O)=C2\C(=O)C(=O)N(CCCOC)C2c2ccccc2C)ccc1Cl. The fourth-order valence-corrected chi connectivity index (χ4v) is 3.95. The van der Waals surface area contributed by atoms with Gasteiger partial charge in [0.05, 0.1) is 23.2 Å². The number of ether oxygens (including phenoxy) is 2. The minimum Gasteiger partial charge on any atom is -0.507 e. The van der Waals surface area contributed by atoms with Gasteiger partial charge in [-0.15, -0.1) is 0 Å². The molecule has 3 rings (SSSR count). The van der Waals surface area contributed by atoms with E-state index < -0.39 is 17.7 Å². The van der Waals surface area contributed by atoms with Crippen LogP contribution in [-0.4, -0.2) is 48.6 Å². The smallest absolute Gasteiger partial charge is 0.295 e. The highest BCUT2D eigenvalue weighted by molar-refractivity contribution is 6.46. The highest BCUT2D eigenvalue weighted by Gasteiger charge is 2.46. The summed E-state index contributed by atoms with van der Waals surface area (Å²) in [7, 11) is 1.59. The van der Waals surface area contributed by atoms with Crippen LogP contribution in [0.5, 0.6) is 5.75 Å². The largest absolute Gasteiger partial charge is 0.507 e. The molecule has 2 aromatic carbocycles. The van der Waals surface area contributed by atoms with Gasteiger partial charge in [-0.05, 0) is 49.6 Å². The second-order valence-corrected chi connectivity index (χ2v) is 7.68. The van der Waals surface area contributed by atoms with E-state index in [0.717, 1.165) is 11.1 Å². The Morgan fingerprint density at radius 2 is 1.94 bits per heavy atom. The summed E-state index contributed by atoms with van der Waals surface area (Å²) in [6.45, 7) is 4.93. The number of halogens is 1. The van der Waals surface area contributed by atoms with Gasteiger partial charge in [-0.2, -0.15) is 0 Å². The van der Waals surface area contributed by atoms with Gasteiger partial charge in [-0.1, -0.05) is 35.9 Å². The second-order valence-electron chi connectivity index (χ2n) is 7.27. The van der Waals surface area contributed by atoms with Crippen LogP contribution < -0.4 is 4.74 Å². The molecule has 0 aromatic heterocycles. The first kappa shape index (κ1) is 22.8. The van der Waals surface area contributed by atoms with Gasteiger partial charge >= 0.3 is 0 Å². The van der Waals surface area contributed by atoms with E-state index in [0.29, 0.717) is 42.5 Å². The molecule has 31 heavy (non-hydrogen) atoms. The molecule has 6 nitrogen and oxygen atoms in total. The van der Waals surface area contributed by atoms with E-state index in [-0.39, 0.29) is 11.3 Å². The van der Waals surface area contributed by atoms with Crippen molar-refractivity contribution in [3.05, 3.63) is 69.8 Å². The van der Waals surface area contributed by atoms with Crippen molar-refractivity contribution < 1.29 is 24.2 Å². The fourth-order valence-electron chi connectivity index (χ4n) is 3.78. The van der Waals surface area contributed by atoms with Gasteiger partial charge < -0.3 is 19.5 Å². The summed E-state index contributed by atoms with van der Waals surface area (Å²) >= 11 is 6.17. The number of benzene rings is 2. The predicted molar refractivity (Wildman–Crippen MR) is 119 cm³/mol. The number of aliphatic hydroxyl groups is 1. The van der Waals surface area contributed by atoms with E-state index in [2.05, 4.69) is 0 Å². The fraction of sp³-hybridized carbons (Fsp3) is 0.333. The van der Waals surface area contributed by atoms with Crippen molar-refractivity contribution in [2.45, 2.75) is 26.3 Å². The maximum atomic E-state index is 13.0. The maximum Gasteiger partial charge on any atom is 0.295 e. The zero-order valence-electron chi connectivity index (χ0n) is 17.9. The van der Waals surface area contributed by atoms with Crippen molar-refractivity contribution in [1.82, 2.24) is 4.90 Å². The van der Waals surface area contributed by atoms with Crippen molar-refractivity contribution in [2.24, 2.45) is 0 Å². The van der Waals surface area contributed by atoms with Crippen molar-refractivity contribution >= 4 is 29.1 Å². The Balaban J connectivity index is 2.15. The summed E-state index contributed by atoms with van der Waals surface area (Å²) in [5, 5.41) is 11.6. The topological polar surface area (TPSA) is 76.1 Å². The zero-order chi connectivity index (χ0) is 22.5. The number of likely N-dealkylation sites (tertiary alicyclic amines) is 1. The molecule has 1 aliphatic heterocycles. The molecule has 1 aliphatic rings. The summed E-state index contributed by atoms with van der Waals surface area (Å²) in [4.78, 5) is 27.5. The highest BCUT2D eigenvalue weighted by Crippen LogP contribution is 2.41. The number of aliphatic hydroxyl groups excluding tert-OH is 1. The van der Waals surface area contributed by atoms with E-state index in [1.807, 2.05) is 38.1 Å². The Hall–Kier alpha value is -2.83. The van der Waals surface area contributed by atoms with Crippen LogP contribution >= 0.6 is 11.6 Å². The number of nitrogens with zero attached hydrogens (tertiary/aromatic N) is 1. The van der Waals surface area contributed by atoms with Crippen molar-refractivity contribution in [3.8, 4) is 5.75 Å². The van der Waals surface area contributed by atoms with E-state index in [1.54, 1.807) is 25.3 Å². The first-order valence-corrected chi connectivity index (χ1v) is 10.5.